The Morgan fingerprint density at radius 1 is 0.800 bits per heavy atom. The molecule has 114 valence electrons. The van der Waals surface area contributed by atoms with E-state index in [0.29, 0.717) is 0 Å². The molecule has 1 aromatic carbocycles. The molecule has 0 atom stereocenters. The second-order valence-electron chi connectivity index (χ2n) is 5.74. The predicted molar refractivity (Wildman–Crippen MR) is 93.8 cm³/mol. The highest BCUT2D eigenvalue weighted by atomic mass is 32.1. The summed E-state index contributed by atoms with van der Waals surface area (Å²) in [5.74, 6) is 1.05. The van der Waals surface area contributed by atoms with E-state index in [0.717, 1.165) is 5.75 Å². The molecule has 0 spiro atoms. The standard InChI is InChI=1S/C18H31NS/c1-19(16-14-18-12-8-7-9-13-18)15-10-5-3-2-4-6-11-17-20/h7-9,12-13,20H,2-6,10-11,14-17H2,1H3. The Hall–Kier alpha value is -0.470. The van der Waals surface area contributed by atoms with Crippen LogP contribution in [0.3, 0.4) is 0 Å². The maximum atomic E-state index is 4.24. The van der Waals surface area contributed by atoms with Crippen LogP contribution in [-0.4, -0.2) is 30.8 Å². The SMILES string of the molecule is CN(CCCCCCCCCS)CCc1ccccc1. The van der Waals surface area contributed by atoms with Gasteiger partial charge in [-0.1, -0.05) is 62.4 Å². The first-order valence-corrected chi connectivity index (χ1v) is 8.79. The third-order valence-electron chi connectivity index (χ3n) is 3.82. The van der Waals surface area contributed by atoms with Crippen molar-refractivity contribution >= 4 is 12.6 Å². The Balaban J connectivity index is 1.91. The van der Waals surface area contributed by atoms with E-state index >= 15 is 0 Å². The molecule has 0 aliphatic heterocycles. The fourth-order valence-corrected chi connectivity index (χ4v) is 2.68. The van der Waals surface area contributed by atoms with E-state index in [1.807, 2.05) is 0 Å². The molecule has 0 aromatic heterocycles. The lowest BCUT2D eigenvalue weighted by Crippen LogP contribution is -2.22. The van der Waals surface area contributed by atoms with Crippen LogP contribution in [0.25, 0.3) is 0 Å². The molecule has 0 bridgehead atoms. The molecule has 1 rings (SSSR count). The van der Waals surface area contributed by atoms with Gasteiger partial charge in [0.1, 0.15) is 0 Å². The molecule has 20 heavy (non-hydrogen) atoms. The normalized spacial score (nSPS) is 11.2. The van der Waals surface area contributed by atoms with Gasteiger partial charge in [0.2, 0.25) is 0 Å². The average Bonchev–Trinajstić information content (AvgIpc) is 2.49. The summed E-state index contributed by atoms with van der Waals surface area (Å²) in [6, 6.07) is 10.8. The van der Waals surface area contributed by atoms with E-state index in [4.69, 9.17) is 0 Å². The van der Waals surface area contributed by atoms with Crippen molar-refractivity contribution in [3.05, 3.63) is 35.9 Å². The lowest BCUT2D eigenvalue weighted by atomic mass is 10.1. The fourth-order valence-electron chi connectivity index (χ4n) is 2.45. The Labute approximate surface area is 131 Å². The third kappa shape index (κ3) is 9.44. The Bertz CT molecular complexity index is 312. The summed E-state index contributed by atoms with van der Waals surface area (Å²) in [6.07, 6.45) is 10.7. The minimum Gasteiger partial charge on any atom is -0.306 e. The molecule has 2 heteroatoms. The van der Waals surface area contributed by atoms with E-state index in [1.165, 1.54) is 70.0 Å². The second kappa shape index (κ2) is 12.3. The summed E-state index contributed by atoms with van der Waals surface area (Å²) in [5, 5.41) is 0. The molecule has 1 nitrogen and oxygen atoms in total. The van der Waals surface area contributed by atoms with Gasteiger partial charge >= 0.3 is 0 Å². The van der Waals surface area contributed by atoms with E-state index in [9.17, 15) is 0 Å². The van der Waals surface area contributed by atoms with Crippen LogP contribution in [0.5, 0.6) is 0 Å². The number of unbranched alkanes of at least 4 members (excludes halogenated alkanes) is 6. The summed E-state index contributed by atoms with van der Waals surface area (Å²) in [5.41, 5.74) is 1.45. The first-order chi connectivity index (χ1) is 9.83. The molecule has 0 radical (unpaired) electrons. The van der Waals surface area contributed by atoms with Gasteiger partial charge in [-0.15, -0.1) is 0 Å². The maximum Gasteiger partial charge on any atom is 0.00188 e. The molecule has 0 heterocycles. The minimum atomic E-state index is 1.05. The van der Waals surface area contributed by atoms with Gasteiger partial charge in [-0.25, -0.2) is 0 Å². The summed E-state index contributed by atoms with van der Waals surface area (Å²) in [7, 11) is 2.25. The van der Waals surface area contributed by atoms with Gasteiger partial charge in [0.05, 0.1) is 0 Å². The van der Waals surface area contributed by atoms with E-state index in [2.05, 4.69) is 54.9 Å². The molecule has 0 fully saturated rings. The van der Waals surface area contributed by atoms with Gasteiger partial charge in [-0.2, -0.15) is 12.6 Å². The molecule has 0 amide bonds. The Morgan fingerprint density at radius 3 is 2.05 bits per heavy atom. The highest BCUT2D eigenvalue weighted by Gasteiger charge is 1.99. The van der Waals surface area contributed by atoms with Gasteiger partial charge in [0.15, 0.2) is 0 Å². The lowest BCUT2D eigenvalue weighted by molar-refractivity contribution is 0.327. The molecular weight excluding hydrogens is 262 g/mol. The molecule has 1 aromatic rings. The Kier molecular flexibility index (Phi) is 10.8. The van der Waals surface area contributed by atoms with Crippen LogP contribution in [0.15, 0.2) is 30.3 Å². The van der Waals surface area contributed by atoms with Gasteiger partial charge in [-0.3, -0.25) is 0 Å². The van der Waals surface area contributed by atoms with E-state index < -0.39 is 0 Å². The van der Waals surface area contributed by atoms with Crippen molar-refractivity contribution in [1.82, 2.24) is 4.90 Å². The molecule has 0 aliphatic carbocycles. The number of nitrogens with zero attached hydrogens (tertiary/aromatic N) is 1. The third-order valence-corrected chi connectivity index (χ3v) is 4.14. The van der Waals surface area contributed by atoms with Crippen LogP contribution in [0, 0.1) is 0 Å². The van der Waals surface area contributed by atoms with Crippen molar-refractivity contribution in [2.45, 2.75) is 51.4 Å². The minimum absolute atomic E-state index is 1.05. The Morgan fingerprint density at radius 2 is 1.40 bits per heavy atom. The summed E-state index contributed by atoms with van der Waals surface area (Å²) in [6.45, 7) is 2.41. The summed E-state index contributed by atoms with van der Waals surface area (Å²) < 4.78 is 0. The van der Waals surface area contributed by atoms with Crippen LogP contribution in [0.1, 0.15) is 50.5 Å². The quantitative estimate of drug-likeness (QED) is 0.427. The zero-order valence-corrected chi connectivity index (χ0v) is 14.0. The second-order valence-corrected chi connectivity index (χ2v) is 6.18. The van der Waals surface area contributed by atoms with Crippen LogP contribution in [-0.2, 0) is 6.42 Å². The number of benzene rings is 1. The highest BCUT2D eigenvalue weighted by molar-refractivity contribution is 7.80. The van der Waals surface area contributed by atoms with Crippen molar-refractivity contribution in [2.24, 2.45) is 0 Å². The molecule has 0 aliphatic rings. The first-order valence-electron chi connectivity index (χ1n) is 8.16. The molecule has 0 saturated heterocycles. The molecule has 0 saturated carbocycles. The van der Waals surface area contributed by atoms with Crippen molar-refractivity contribution in [3.8, 4) is 0 Å². The van der Waals surface area contributed by atoms with Gasteiger partial charge < -0.3 is 4.90 Å². The smallest absolute Gasteiger partial charge is 0.00188 e. The molecular formula is C18H31NS. The largest absolute Gasteiger partial charge is 0.306 e. The average molecular weight is 294 g/mol. The monoisotopic (exact) mass is 293 g/mol. The topological polar surface area (TPSA) is 3.24 Å². The van der Waals surface area contributed by atoms with E-state index in [1.54, 1.807) is 0 Å². The van der Waals surface area contributed by atoms with Crippen molar-refractivity contribution in [3.63, 3.8) is 0 Å². The number of hydrogen-bond donors (Lipinski definition) is 1. The predicted octanol–water partition coefficient (Wildman–Crippen LogP) is 4.82. The fraction of sp³-hybridized carbons (Fsp3) is 0.667. The van der Waals surface area contributed by atoms with Gasteiger partial charge in [0, 0.05) is 6.54 Å². The highest BCUT2D eigenvalue weighted by Crippen LogP contribution is 2.08. The van der Waals surface area contributed by atoms with Crippen molar-refractivity contribution in [2.75, 3.05) is 25.9 Å². The van der Waals surface area contributed by atoms with Crippen molar-refractivity contribution in [1.29, 1.82) is 0 Å². The summed E-state index contributed by atoms with van der Waals surface area (Å²) >= 11 is 4.24. The zero-order chi connectivity index (χ0) is 14.5. The van der Waals surface area contributed by atoms with Crippen LogP contribution in [0.4, 0.5) is 0 Å². The zero-order valence-electron chi connectivity index (χ0n) is 13.1. The van der Waals surface area contributed by atoms with Crippen LogP contribution >= 0.6 is 12.6 Å². The number of rotatable bonds is 12. The van der Waals surface area contributed by atoms with Crippen molar-refractivity contribution < 1.29 is 0 Å². The first kappa shape index (κ1) is 17.6. The number of likely N-dealkylation sites (N-methyl/N-ethyl adjacent to an activating group) is 1. The summed E-state index contributed by atoms with van der Waals surface area (Å²) in [4.78, 5) is 2.47. The van der Waals surface area contributed by atoms with Crippen LogP contribution in [0.2, 0.25) is 0 Å². The number of thiol groups is 1. The molecule has 0 unspecified atom stereocenters. The maximum absolute atomic E-state index is 4.24. The van der Waals surface area contributed by atoms with Gasteiger partial charge in [0.25, 0.3) is 0 Å². The van der Waals surface area contributed by atoms with Crippen LogP contribution < -0.4 is 0 Å². The lowest BCUT2D eigenvalue weighted by Gasteiger charge is -2.16. The van der Waals surface area contributed by atoms with Gasteiger partial charge in [-0.05, 0) is 44.2 Å². The molecule has 0 N–H and O–H groups in total. The number of hydrogen-bond acceptors (Lipinski definition) is 2. The van der Waals surface area contributed by atoms with E-state index in [-0.39, 0.29) is 0 Å².